The fourth-order valence-corrected chi connectivity index (χ4v) is 2.24. The number of rotatable bonds is 4. The van der Waals surface area contributed by atoms with Crippen molar-refractivity contribution in [1.29, 1.82) is 0 Å². The van der Waals surface area contributed by atoms with E-state index in [1.54, 1.807) is 18.9 Å². The lowest BCUT2D eigenvalue weighted by molar-refractivity contribution is 0.151. The highest BCUT2D eigenvalue weighted by Crippen LogP contribution is 2.39. The van der Waals surface area contributed by atoms with Gasteiger partial charge in [-0.15, -0.1) is 11.8 Å². The van der Waals surface area contributed by atoms with E-state index in [-0.39, 0.29) is 0 Å². The molecule has 82 valence electrons. The van der Waals surface area contributed by atoms with Crippen LogP contribution in [0.15, 0.2) is 23.1 Å². The van der Waals surface area contributed by atoms with Crippen molar-refractivity contribution in [2.24, 2.45) is 0 Å². The molecule has 0 radical (unpaired) electrons. The van der Waals surface area contributed by atoms with E-state index in [1.807, 2.05) is 12.3 Å². The monoisotopic (exact) mass is 224 g/mol. The maximum atomic E-state index is 9.83. The van der Waals surface area contributed by atoms with E-state index in [1.165, 1.54) is 0 Å². The third kappa shape index (κ3) is 2.47. The van der Waals surface area contributed by atoms with Crippen LogP contribution in [0, 0.1) is 0 Å². The summed E-state index contributed by atoms with van der Waals surface area (Å²) in [5, 5.41) is 9.83. The highest BCUT2D eigenvalue weighted by Gasteiger charge is 2.40. The van der Waals surface area contributed by atoms with E-state index in [2.05, 4.69) is 12.1 Å². The second-order valence-electron chi connectivity index (χ2n) is 4.09. The maximum Gasteiger partial charge on any atom is 0.132 e. The summed E-state index contributed by atoms with van der Waals surface area (Å²) < 4.78 is 5.31. The Morgan fingerprint density at radius 3 is 2.73 bits per heavy atom. The Labute approximate surface area is 94.6 Å². The molecule has 1 aliphatic rings. The summed E-state index contributed by atoms with van der Waals surface area (Å²) in [6.45, 7) is 0. The summed E-state index contributed by atoms with van der Waals surface area (Å²) in [4.78, 5) is 1.14. The van der Waals surface area contributed by atoms with Crippen LogP contribution >= 0.6 is 11.8 Å². The van der Waals surface area contributed by atoms with Gasteiger partial charge in [-0.25, -0.2) is 0 Å². The minimum Gasteiger partial charge on any atom is -0.496 e. The molecule has 1 aromatic carbocycles. The number of methoxy groups -OCH3 is 1. The summed E-state index contributed by atoms with van der Waals surface area (Å²) in [6, 6.07) is 6.16. The zero-order valence-electron chi connectivity index (χ0n) is 9.12. The van der Waals surface area contributed by atoms with Crippen molar-refractivity contribution >= 4 is 11.8 Å². The molecule has 0 amide bonds. The van der Waals surface area contributed by atoms with Gasteiger partial charge in [-0.05, 0) is 36.8 Å². The van der Waals surface area contributed by atoms with Crippen molar-refractivity contribution in [1.82, 2.24) is 0 Å². The predicted octanol–water partition coefficient (Wildman–Crippen LogP) is 2.48. The average Bonchev–Trinajstić information content (AvgIpc) is 2.96. The minimum atomic E-state index is -0.425. The molecular weight excluding hydrogens is 208 g/mol. The van der Waals surface area contributed by atoms with Gasteiger partial charge in [0.25, 0.3) is 0 Å². The van der Waals surface area contributed by atoms with E-state index in [9.17, 15) is 5.11 Å². The smallest absolute Gasteiger partial charge is 0.132 e. The average molecular weight is 224 g/mol. The van der Waals surface area contributed by atoms with Crippen molar-refractivity contribution in [3.05, 3.63) is 23.8 Å². The molecule has 1 aliphatic carbocycles. The van der Waals surface area contributed by atoms with Crippen LogP contribution in [0.1, 0.15) is 18.4 Å². The zero-order chi connectivity index (χ0) is 10.9. The van der Waals surface area contributed by atoms with Crippen LogP contribution in [0.25, 0.3) is 0 Å². The van der Waals surface area contributed by atoms with Crippen LogP contribution in [0.5, 0.6) is 5.75 Å². The summed E-state index contributed by atoms with van der Waals surface area (Å²) >= 11 is 1.67. The Morgan fingerprint density at radius 1 is 1.47 bits per heavy atom. The first-order valence-electron chi connectivity index (χ1n) is 5.10. The summed E-state index contributed by atoms with van der Waals surface area (Å²) in [5.74, 6) is 0.907. The number of ether oxygens (including phenoxy) is 1. The maximum absolute atomic E-state index is 9.83. The topological polar surface area (TPSA) is 29.5 Å². The third-order valence-electron chi connectivity index (χ3n) is 2.81. The Morgan fingerprint density at radius 2 is 2.20 bits per heavy atom. The van der Waals surface area contributed by atoms with Crippen molar-refractivity contribution in [2.45, 2.75) is 29.8 Å². The van der Waals surface area contributed by atoms with Gasteiger partial charge in [0.15, 0.2) is 0 Å². The Kier molecular flexibility index (Phi) is 2.94. The van der Waals surface area contributed by atoms with Gasteiger partial charge in [-0.1, -0.05) is 6.07 Å². The van der Waals surface area contributed by atoms with Crippen LogP contribution < -0.4 is 4.74 Å². The number of hydrogen-bond acceptors (Lipinski definition) is 3. The second kappa shape index (κ2) is 4.06. The molecule has 1 fully saturated rings. The lowest BCUT2D eigenvalue weighted by Crippen LogP contribution is -2.10. The van der Waals surface area contributed by atoms with Gasteiger partial charge in [-0.3, -0.25) is 0 Å². The molecule has 0 aromatic heterocycles. The van der Waals surface area contributed by atoms with Crippen LogP contribution in [-0.4, -0.2) is 24.1 Å². The Hall–Kier alpha value is -0.670. The standard InChI is InChI=1S/C12H16O2S/c1-14-10-7-9(3-4-11(10)15-2)8-12(13)5-6-12/h3-4,7,13H,5-6,8H2,1-2H3. The van der Waals surface area contributed by atoms with Crippen molar-refractivity contribution in [3.8, 4) is 5.75 Å². The largest absolute Gasteiger partial charge is 0.496 e. The summed E-state index contributed by atoms with van der Waals surface area (Å²) in [6.07, 6.45) is 4.64. The van der Waals surface area contributed by atoms with Gasteiger partial charge in [0.1, 0.15) is 5.75 Å². The summed E-state index contributed by atoms with van der Waals surface area (Å²) in [7, 11) is 1.69. The number of aliphatic hydroxyl groups is 1. The SMILES string of the molecule is COc1cc(CC2(O)CC2)ccc1SC. The molecule has 1 saturated carbocycles. The molecule has 15 heavy (non-hydrogen) atoms. The molecular formula is C12H16O2S. The van der Waals surface area contributed by atoms with E-state index < -0.39 is 5.60 Å². The molecule has 1 aromatic rings. The summed E-state index contributed by atoms with van der Waals surface area (Å²) in [5.41, 5.74) is 0.732. The molecule has 3 heteroatoms. The first-order valence-corrected chi connectivity index (χ1v) is 6.33. The Bertz CT molecular complexity index is 359. The van der Waals surface area contributed by atoms with E-state index >= 15 is 0 Å². The lowest BCUT2D eigenvalue weighted by atomic mass is 10.1. The lowest BCUT2D eigenvalue weighted by Gasteiger charge is -2.11. The highest BCUT2D eigenvalue weighted by atomic mass is 32.2. The van der Waals surface area contributed by atoms with Gasteiger partial charge in [-0.2, -0.15) is 0 Å². The number of thioether (sulfide) groups is 1. The molecule has 0 saturated heterocycles. The number of hydrogen-bond donors (Lipinski definition) is 1. The first kappa shape index (κ1) is 10.8. The molecule has 2 rings (SSSR count). The number of benzene rings is 1. The third-order valence-corrected chi connectivity index (χ3v) is 3.59. The molecule has 0 atom stereocenters. The normalized spacial score (nSPS) is 17.5. The predicted molar refractivity (Wildman–Crippen MR) is 62.7 cm³/mol. The Balaban J connectivity index is 2.18. The molecule has 0 heterocycles. The molecule has 0 unspecified atom stereocenters. The van der Waals surface area contributed by atoms with Crippen LogP contribution in [0.3, 0.4) is 0 Å². The fourth-order valence-electron chi connectivity index (χ4n) is 1.69. The van der Waals surface area contributed by atoms with E-state index in [0.717, 1.165) is 35.5 Å². The van der Waals surface area contributed by atoms with Crippen LogP contribution in [0.4, 0.5) is 0 Å². The molecule has 0 aliphatic heterocycles. The minimum absolute atomic E-state index is 0.425. The van der Waals surface area contributed by atoms with Gasteiger partial charge < -0.3 is 9.84 Å². The van der Waals surface area contributed by atoms with Gasteiger partial charge in [0.2, 0.25) is 0 Å². The van der Waals surface area contributed by atoms with Gasteiger partial charge >= 0.3 is 0 Å². The molecule has 0 spiro atoms. The molecule has 1 N–H and O–H groups in total. The van der Waals surface area contributed by atoms with Gasteiger partial charge in [0.05, 0.1) is 12.7 Å². The molecule has 0 bridgehead atoms. The van der Waals surface area contributed by atoms with Crippen molar-refractivity contribution in [3.63, 3.8) is 0 Å². The zero-order valence-corrected chi connectivity index (χ0v) is 9.93. The van der Waals surface area contributed by atoms with Crippen molar-refractivity contribution < 1.29 is 9.84 Å². The van der Waals surface area contributed by atoms with Gasteiger partial charge in [0, 0.05) is 11.3 Å². The highest BCUT2D eigenvalue weighted by molar-refractivity contribution is 7.98. The fraction of sp³-hybridized carbons (Fsp3) is 0.500. The van der Waals surface area contributed by atoms with E-state index in [4.69, 9.17) is 4.74 Å². The van der Waals surface area contributed by atoms with Crippen LogP contribution in [-0.2, 0) is 6.42 Å². The quantitative estimate of drug-likeness (QED) is 0.797. The second-order valence-corrected chi connectivity index (χ2v) is 4.94. The first-order chi connectivity index (χ1) is 7.17. The van der Waals surface area contributed by atoms with Crippen LogP contribution in [0.2, 0.25) is 0 Å². The van der Waals surface area contributed by atoms with E-state index in [0.29, 0.717) is 0 Å². The van der Waals surface area contributed by atoms with Crippen molar-refractivity contribution in [2.75, 3.05) is 13.4 Å². The molecule has 2 nitrogen and oxygen atoms in total.